The van der Waals surface area contributed by atoms with Gasteiger partial charge in [-0.15, -0.1) is 0 Å². The van der Waals surface area contributed by atoms with E-state index in [-0.39, 0.29) is 11.3 Å². The van der Waals surface area contributed by atoms with Gasteiger partial charge in [-0.1, -0.05) is 84.9 Å². The third-order valence-electron chi connectivity index (χ3n) is 6.57. The summed E-state index contributed by atoms with van der Waals surface area (Å²) >= 11 is 0. The van der Waals surface area contributed by atoms with Crippen molar-refractivity contribution in [2.24, 2.45) is 0 Å². The molecule has 3 nitrogen and oxygen atoms in total. The van der Waals surface area contributed by atoms with Crippen LogP contribution in [0.3, 0.4) is 0 Å². The Morgan fingerprint density at radius 2 is 1.18 bits per heavy atom. The van der Waals surface area contributed by atoms with E-state index in [1.54, 1.807) is 30.5 Å². The summed E-state index contributed by atoms with van der Waals surface area (Å²) in [6.45, 7) is -2.33. The standard InChI is InChI=1S/C35H26N2O/c1-24-16-17-28(20-31(24)33-21-27(18-19-36-33)25-10-4-2-5-11-25)32-22-29(26-12-6-3-7-13-26)23-34(37-32)30-14-8-9-15-35(30)38/h2-23,38H,1H3/i1D3. The van der Waals surface area contributed by atoms with Gasteiger partial charge in [-0.3, -0.25) is 4.98 Å². The molecule has 0 radical (unpaired) electrons. The Balaban J connectivity index is 1.55. The summed E-state index contributed by atoms with van der Waals surface area (Å²) in [7, 11) is 0. The van der Waals surface area contributed by atoms with Gasteiger partial charge in [0, 0.05) is 27.0 Å². The topological polar surface area (TPSA) is 46.0 Å². The first-order chi connectivity index (χ1) is 19.9. The Hall–Kier alpha value is -5.02. The van der Waals surface area contributed by atoms with E-state index < -0.39 is 6.85 Å². The lowest BCUT2D eigenvalue weighted by Gasteiger charge is -2.13. The predicted octanol–water partition coefficient (Wildman–Crippen LogP) is 8.83. The van der Waals surface area contributed by atoms with Crippen LogP contribution < -0.4 is 0 Å². The van der Waals surface area contributed by atoms with Gasteiger partial charge in [-0.2, -0.15) is 0 Å². The van der Waals surface area contributed by atoms with E-state index >= 15 is 0 Å². The summed E-state index contributed by atoms with van der Waals surface area (Å²) in [6.07, 6.45) is 1.71. The Morgan fingerprint density at radius 3 is 1.92 bits per heavy atom. The van der Waals surface area contributed by atoms with E-state index in [0.29, 0.717) is 28.2 Å². The van der Waals surface area contributed by atoms with Crippen molar-refractivity contribution in [3.8, 4) is 61.8 Å². The van der Waals surface area contributed by atoms with E-state index in [2.05, 4.69) is 4.98 Å². The minimum absolute atomic E-state index is 0.136. The van der Waals surface area contributed by atoms with Crippen LogP contribution in [0.5, 0.6) is 5.75 Å². The number of rotatable bonds is 5. The average Bonchev–Trinajstić information content (AvgIpc) is 3.01. The molecule has 0 fully saturated rings. The molecule has 2 aromatic heterocycles. The van der Waals surface area contributed by atoms with Crippen LogP contribution in [0.4, 0.5) is 0 Å². The predicted molar refractivity (Wildman–Crippen MR) is 156 cm³/mol. The first kappa shape index (κ1) is 20.1. The maximum absolute atomic E-state index is 10.6. The van der Waals surface area contributed by atoms with Crippen LogP contribution in [-0.2, 0) is 0 Å². The number of nitrogens with zero attached hydrogens (tertiary/aromatic N) is 2. The number of aromatic nitrogens is 2. The molecule has 6 aromatic rings. The van der Waals surface area contributed by atoms with Gasteiger partial charge in [0.05, 0.1) is 17.1 Å². The number of hydrogen-bond donors (Lipinski definition) is 1. The van der Waals surface area contributed by atoms with Gasteiger partial charge >= 0.3 is 0 Å². The molecule has 6 rings (SSSR count). The Kier molecular flexibility index (Phi) is 5.37. The Morgan fingerprint density at radius 1 is 0.526 bits per heavy atom. The summed E-state index contributed by atoms with van der Waals surface area (Å²) in [4.78, 5) is 9.51. The van der Waals surface area contributed by atoms with Crippen molar-refractivity contribution in [1.29, 1.82) is 0 Å². The molecule has 0 amide bonds. The molecule has 4 aromatic carbocycles. The summed E-state index contributed by atoms with van der Waals surface area (Å²) in [6, 6.07) is 40.1. The van der Waals surface area contributed by atoms with Crippen LogP contribution in [0.25, 0.3) is 56.0 Å². The second kappa shape index (κ2) is 10.2. The number of hydrogen-bond acceptors (Lipinski definition) is 3. The highest BCUT2D eigenvalue weighted by molar-refractivity contribution is 5.81. The minimum Gasteiger partial charge on any atom is -0.507 e. The molecule has 0 atom stereocenters. The molecule has 38 heavy (non-hydrogen) atoms. The molecule has 0 bridgehead atoms. The molecule has 0 aliphatic carbocycles. The van der Waals surface area contributed by atoms with Crippen molar-refractivity contribution < 1.29 is 9.22 Å². The van der Waals surface area contributed by atoms with Crippen LogP contribution in [-0.4, -0.2) is 15.1 Å². The SMILES string of the molecule is [2H]C([2H])([2H])c1ccc(-c2cc(-c3ccccc3)cc(-c3ccccc3O)n2)cc1-c1cc(-c2ccccc2)ccn1. The molecule has 0 spiro atoms. The van der Waals surface area contributed by atoms with Crippen molar-refractivity contribution in [2.75, 3.05) is 0 Å². The number of phenols is 1. The van der Waals surface area contributed by atoms with E-state index in [1.165, 1.54) is 0 Å². The van der Waals surface area contributed by atoms with E-state index in [0.717, 1.165) is 27.8 Å². The Labute approximate surface area is 227 Å². The highest BCUT2D eigenvalue weighted by Crippen LogP contribution is 2.35. The van der Waals surface area contributed by atoms with Crippen LogP contribution in [0, 0.1) is 6.85 Å². The molecule has 0 saturated heterocycles. The minimum atomic E-state index is -2.33. The number of para-hydroxylation sites is 1. The zero-order valence-corrected chi connectivity index (χ0v) is 20.5. The van der Waals surface area contributed by atoms with Gasteiger partial charge in [-0.05, 0) is 77.1 Å². The maximum Gasteiger partial charge on any atom is 0.124 e. The van der Waals surface area contributed by atoms with Crippen molar-refractivity contribution in [3.63, 3.8) is 0 Å². The number of pyridine rings is 2. The molecular formula is C35H26N2O. The van der Waals surface area contributed by atoms with Crippen molar-refractivity contribution in [1.82, 2.24) is 9.97 Å². The lowest BCUT2D eigenvalue weighted by molar-refractivity contribution is 0.477. The van der Waals surface area contributed by atoms with E-state index in [9.17, 15) is 5.11 Å². The third-order valence-corrected chi connectivity index (χ3v) is 6.57. The van der Waals surface area contributed by atoms with Gasteiger partial charge in [0.1, 0.15) is 5.75 Å². The molecule has 0 saturated carbocycles. The number of aryl methyl sites for hydroxylation is 1. The van der Waals surface area contributed by atoms with Crippen LogP contribution >= 0.6 is 0 Å². The molecular weight excluding hydrogens is 464 g/mol. The van der Waals surface area contributed by atoms with Crippen molar-refractivity contribution in [3.05, 3.63) is 139 Å². The second-order valence-corrected chi connectivity index (χ2v) is 9.07. The molecule has 2 heterocycles. The van der Waals surface area contributed by atoms with Gasteiger partial charge in [-0.25, -0.2) is 4.98 Å². The second-order valence-electron chi connectivity index (χ2n) is 9.07. The summed E-state index contributed by atoms with van der Waals surface area (Å²) < 4.78 is 24.7. The molecule has 3 heteroatoms. The van der Waals surface area contributed by atoms with Gasteiger partial charge in [0.15, 0.2) is 0 Å². The molecule has 1 N–H and O–H groups in total. The zero-order chi connectivity index (χ0) is 28.4. The van der Waals surface area contributed by atoms with Crippen LogP contribution in [0.15, 0.2) is 134 Å². The van der Waals surface area contributed by atoms with Crippen molar-refractivity contribution in [2.45, 2.75) is 6.85 Å². The van der Waals surface area contributed by atoms with Crippen LogP contribution in [0.2, 0.25) is 0 Å². The summed E-state index contributed by atoms with van der Waals surface area (Å²) in [5.74, 6) is 0.136. The molecule has 182 valence electrons. The normalized spacial score (nSPS) is 12.4. The van der Waals surface area contributed by atoms with Gasteiger partial charge in [0.25, 0.3) is 0 Å². The Bertz CT molecular complexity index is 1830. The summed E-state index contributed by atoms with van der Waals surface area (Å²) in [5.41, 5.74) is 7.85. The number of benzene rings is 4. The number of aromatic hydroxyl groups is 1. The average molecular weight is 494 g/mol. The van der Waals surface area contributed by atoms with E-state index in [4.69, 9.17) is 9.10 Å². The fourth-order valence-corrected chi connectivity index (χ4v) is 4.61. The molecule has 0 unspecified atom stereocenters. The molecule has 0 aliphatic rings. The fraction of sp³-hybridized carbons (Fsp3) is 0.0286. The van der Waals surface area contributed by atoms with Crippen LogP contribution in [0.1, 0.15) is 9.68 Å². The summed E-state index contributed by atoms with van der Waals surface area (Å²) in [5, 5.41) is 10.6. The van der Waals surface area contributed by atoms with Crippen molar-refractivity contribution >= 4 is 0 Å². The molecule has 0 aliphatic heterocycles. The van der Waals surface area contributed by atoms with Gasteiger partial charge < -0.3 is 5.11 Å². The lowest BCUT2D eigenvalue weighted by atomic mass is 9.96. The first-order valence-electron chi connectivity index (χ1n) is 13.9. The highest BCUT2D eigenvalue weighted by Gasteiger charge is 2.13. The van der Waals surface area contributed by atoms with Gasteiger partial charge in [0.2, 0.25) is 0 Å². The zero-order valence-electron chi connectivity index (χ0n) is 23.5. The monoisotopic (exact) mass is 493 g/mol. The van der Waals surface area contributed by atoms with E-state index in [1.807, 2.05) is 103 Å². The first-order valence-corrected chi connectivity index (χ1v) is 12.4. The lowest BCUT2D eigenvalue weighted by Crippen LogP contribution is -1.94. The fourth-order valence-electron chi connectivity index (χ4n) is 4.61. The maximum atomic E-state index is 10.6. The third kappa shape index (κ3) is 4.70. The smallest absolute Gasteiger partial charge is 0.124 e. The largest absolute Gasteiger partial charge is 0.507 e. The number of phenolic OH excluding ortho intramolecular Hbond substituents is 1. The highest BCUT2D eigenvalue weighted by atomic mass is 16.3. The quantitative estimate of drug-likeness (QED) is 0.261.